The van der Waals surface area contributed by atoms with Crippen LogP contribution in [-0.4, -0.2) is 29.3 Å². The molecule has 18 heavy (non-hydrogen) atoms. The lowest BCUT2D eigenvalue weighted by Gasteiger charge is -2.12. The lowest BCUT2D eigenvalue weighted by atomic mass is 10.1. The molecule has 4 heteroatoms. The van der Waals surface area contributed by atoms with Gasteiger partial charge < -0.3 is 10.6 Å². The summed E-state index contributed by atoms with van der Waals surface area (Å²) in [5, 5.41) is 16.3. The van der Waals surface area contributed by atoms with Gasteiger partial charge in [-0.1, -0.05) is 18.2 Å². The Morgan fingerprint density at radius 1 is 1.33 bits per heavy atom. The quantitative estimate of drug-likeness (QED) is 0.863. The van der Waals surface area contributed by atoms with Crippen molar-refractivity contribution in [3.8, 4) is 0 Å². The van der Waals surface area contributed by atoms with Gasteiger partial charge in [0.25, 0.3) is 0 Å². The minimum absolute atomic E-state index is 0.679. The summed E-state index contributed by atoms with van der Waals surface area (Å²) in [6, 6.07) is 8.78. The van der Waals surface area contributed by atoms with Crippen LogP contribution < -0.4 is 10.6 Å². The first-order chi connectivity index (χ1) is 8.93. The first-order valence-corrected chi connectivity index (χ1v) is 6.61. The number of hydrogen-bond acceptors (Lipinski definition) is 4. The number of benzene rings is 1. The van der Waals surface area contributed by atoms with Crippen molar-refractivity contribution >= 4 is 16.6 Å². The van der Waals surface area contributed by atoms with Crippen LogP contribution in [0, 0.1) is 0 Å². The summed E-state index contributed by atoms with van der Waals surface area (Å²) in [6.07, 6.45) is 5.59. The first-order valence-electron chi connectivity index (χ1n) is 6.61. The molecule has 1 aliphatic heterocycles. The molecule has 1 aliphatic rings. The highest BCUT2D eigenvalue weighted by molar-refractivity contribution is 5.90. The Balaban J connectivity index is 1.66. The first kappa shape index (κ1) is 11.4. The topological polar surface area (TPSA) is 49.8 Å². The predicted molar refractivity (Wildman–Crippen MR) is 73.7 cm³/mol. The second-order valence-corrected chi connectivity index (χ2v) is 4.78. The van der Waals surface area contributed by atoms with Crippen LogP contribution in [0.5, 0.6) is 0 Å². The maximum atomic E-state index is 4.13. The zero-order chi connectivity index (χ0) is 12.2. The lowest BCUT2D eigenvalue weighted by Crippen LogP contribution is -2.24. The molecule has 1 aromatic heterocycles. The van der Waals surface area contributed by atoms with Gasteiger partial charge in [-0.3, -0.25) is 0 Å². The van der Waals surface area contributed by atoms with Crippen LogP contribution in [-0.2, 0) is 0 Å². The molecule has 3 rings (SSSR count). The fourth-order valence-electron chi connectivity index (χ4n) is 2.53. The summed E-state index contributed by atoms with van der Waals surface area (Å²) in [5.74, 6) is 0. The Kier molecular flexibility index (Phi) is 3.37. The predicted octanol–water partition coefficient (Wildman–Crippen LogP) is 2.18. The second kappa shape index (κ2) is 5.31. The normalized spacial score (nSPS) is 19.2. The van der Waals surface area contributed by atoms with Crippen molar-refractivity contribution in [2.45, 2.75) is 25.3 Å². The van der Waals surface area contributed by atoms with Crippen LogP contribution in [0.4, 0.5) is 5.69 Å². The molecule has 0 spiro atoms. The molecule has 2 aromatic rings. The summed E-state index contributed by atoms with van der Waals surface area (Å²) < 4.78 is 0. The summed E-state index contributed by atoms with van der Waals surface area (Å²) in [7, 11) is 0. The fraction of sp³-hybridized carbons (Fsp3) is 0.429. The Hall–Kier alpha value is -1.68. The summed E-state index contributed by atoms with van der Waals surface area (Å²) in [5.41, 5.74) is 2.03. The van der Waals surface area contributed by atoms with E-state index in [9.17, 15) is 0 Å². The van der Waals surface area contributed by atoms with E-state index >= 15 is 0 Å². The molecule has 0 unspecified atom stereocenters. The van der Waals surface area contributed by atoms with E-state index < -0.39 is 0 Å². The highest BCUT2D eigenvalue weighted by atomic mass is 15.1. The molecule has 0 bridgehead atoms. The molecule has 2 heterocycles. The molecule has 0 radical (unpaired) electrons. The largest absolute Gasteiger partial charge is 0.383 e. The minimum Gasteiger partial charge on any atom is -0.383 e. The van der Waals surface area contributed by atoms with E-state index in [-0.39, 0.29) is 0 Å². The number of fused-ring (bicyclic) bond motifs is 1. The molecule has 0 aliphatic carbocycles. The van der Waals surface area contributed by atoms with Gasteiger partial charge in [0.2, 0.25) is 0 Å². The second-order valence-electron chi connectivity index (χ2n) is 4.78. The lowest BCUT2D eigenvalue weighted by molar-refractivity contribution is 0.574. The van der Waals surface area contributed by atoms with E-state index in [1.165, 1.54) is 19.4 Å². The number of anilines is 1. The van der Waals surface area contributed by atoms with Crippen LogP contribution in [0.3, 0.4) is 0 Å². The van der Waals surface area contributed by atoms with Crippen molar-refractivity contribution in [3.05, 3.63) is 30.5 Å². The summed E-state index contributed by atoms with van der Waals surface area (Å²) in [6.45, 7) is 2.15. The monoisotopic (exact) mass is 242 g/mol. The number of rotatable bonds is 4. The number of aromatic nitrogens is 2. The molecule has 2 N–H and O–H groups in total. The SMILES string of the molecule is c1ccc2c(NCC[C@H]3CCCN3)cnnc2c1. The van der Waals surface area contributed by atoms with E-state index in [1.807, 2.05) is 24.4 Å². The minimum atomic E-state index is 0.679. The zero-order valence-electron chi connectivity index (χ0n) is 10.4. The third-order valence-corrected chi connectivity index (χ3v) is 3.52. The van der Waals surface area contributed by atoms with E-state index in [4.69, 9.17) is 0 Å². The van der Waals surface area contributed by atoms with E-state index in [2.05, 4.69) is 26.9 Å². The van der Waals surface area contributed by atoms with Gasteiger partial charge in [-0.2, -0.15) is 10.2 Å². The average molecular weight is 242 g/mol. The average Bonchev–Trinajstić information content (AvgIpc) is 2.92. The van der Waals surface area contributed by atoms with Gasteiger partial charge in [0.15, 0.2) is 0 Å². The van der Waals surface area contributed by atoms with Crippen LogP contribution in [0.15, 0.2) is 30.5 Å². The van der Waals surface area contributed by atoms with Gasteiger partial charge in [0.1, 0.15) is 0 Å². The molecule has 4 nitrogen and oxygen atoms in total. The molecule has 1 aromatic carbocycles. The van der Waals surface area contributed by atoms with Gasteiger partial charge in [-0.25, -0.2) is 0 Å². The van der Waals surface area contributed by atoms with Crippen LogP contribution >= 0.6 is 0 Å². The van der Waals surface area contributed by atoms with Crippen molar-refractivity contribution < 1.29 is 0 Å². The highest BCUT2D eigenvalue weighted by Crippen LogP contribution is 2.20. The molecule has 1 fully saturated rings. The molecular weight excluding hydrogens is 224 g/mol. The standard InChI is InChI=1S/C14H18N4/c1-2-6-13-12(5-1)14(10-17-18-13)16-9-7-11-4-3-8-15-11/h1-2,5-6,10-11,15H,3-4,7-9H2,(H,16,18)/t11-/m1/s1. The molecule has 94 valence electrons. The Morgan fingerprint density at radius 3 is 3.17 bits per heavy atom. The van der Waals surface area contributed by atoms with Gasteiger partial charge >= 0.3 is 0 Å². The number of hydrogen-bond donors (Lipinski definition) is 2. The Labute approximate surface area is 107 Å². The number of nitrogens with one attached hydrogen (secondary N) is 2. The molecular formula is C14H18N4. The van der Waals surface area contributed by atoms with E-state index in [0.717, 1.165) is 29.6 Å². The van der Waals surface area contributed by atoms with Crippen molar-refractivity contribution in [1.82, 2.24) is 15.5 Å². The van der Waals surface area contributed by atoms with Crippen molar-refractivity contribution in [1.29, 1.82) is 0 Å². The van der Waals surface area contributed by atoms with Gasteiger partial charge in [-0.05, 0) is 31.9 Å². The van der Waals surface area contributed by atoms with E-state index in [0.29, 0.717) is 6.04 Å². The molecule has 1 atom stereocenters. The molecule has 0 amide bonds. The maximum Gasteiger partial charge on any atom is 0.0950 e. The van der Waals surface area contributed by atoms with Crippen LogP contribution in [0.2, 0.25) is 0 Å². The van der Waals surface area contributed by atoms with Crippen molar-refractivity contribution in [2.24, 2.45) is 0 Å². The number of nitrogens with zero attached hydrogens (tertiary/aromatic N) is 2. The van der Waals surface area contributed by atoms with Crippen LogP contribution in [0.25, 0.3) is 10.9 Å². The Bertz CT molecular complexity index is 515. The van der Waals surface area contributed by atoms with Crippen LogP contribution in [0.1, 0.15) is 19.3 Å². The highest BCUT2D eigenvalue weighted by Gasteiger charge is 2.13. The third kappa shape index (κ3) is 2.43. The van der Waals surface area contributed by atoms with Gasteiger partial charge in [-0.15, -0.1) is 0 Å². The van der Waals surface area contributed by atoms with Crippen molar-refractivity contribution in [2.75, 3.05) is 18.4 Å². The Morgan fingerprint density at radius 2 is 2.28 bits per heavy atom. The van der Waals surface area contributed by atoms with Gasteiger partial charge in [0, 0.05) is 18.0 Å². The fourth-order valence-corrected chi connectivity index (χ4v) is 2.53. The van der Waals surface area contributed by atoms with Gasteiger partial charge in [0.05, 0.1) is 17.4 Å². The third-order valence-electron chi connectivity index (χ3n) is 3.52. The zero-order valence-corrected chi connectivity index (χ0v) is 10.4. The van der Waals surface area contributed by atoms with E-state index in [1.54, 1.807) is 0 Å². The summed E-state index contributed by atoms with van der Waals surface area (Å²) in [4.78, 5) is 0. The maximum absolute atomic E-state index is 4.13. The molecule has 0 saturated carbocycles. The molecule has 1 saturated heterocycles. The smallest absolute Gasteiger partial charge is 0.0950 e. The summed E-state index contributed by atoms with van der Waals surface area (Å²) >= 11 is 0. The van der Waals surface area contributed by atoms with Crippen molar-refractivity contribution in [3.63, 3.8) is 0 Å².